The summed E-state index contributed by atoms with van der Waals surface area (Å²) < 4.78 is 34.4. The van der Waals surface area contributed by atoms with Gasteiger partial charge in [0.25, 0.3) is 0 Å². The molecule has 1 saturated carbocycles. The van der Waals surface area contributed by atoms with Gasteiger partial charge in [0.2, 0.25) is 0 Å². The van der Waals surface area contributed by atoms with E-state index in [-0.39, 0.29) is 13.0 Å². The summed E-state index contributed by atoms with van der Waals surface area (Å²) in [6, 6.07) is 0. The third kappa shape index (κ3) is 39.5. The third-order valence-corrected chi connectivity index (χ3v) is 14.4. The van der Waals surface area contributed by atoms with Crippen molar-refractivity contribution >= 4 is 13.8 Å². The van der Waals surface area contributed by atoms with Crippen LogP contribution in [-0.2, 0) is 27.9 Å². The number of hydrogen-bond donors (Lipinski definition) is 6. The number of phosphoric acid groups is 1. The maximum Gasteiger partial charge on any atom is 0.472 e. The molecule has 12 nitrogen and oxygen atoms in total. The highest BCUT2D eigenvalue weighted by Crippen LogP contribution is 2.47. The lowest BCUT2D eigenvalue weighted by atomic mass is 9.85. The normalized spacial score (nSPS) is 21.1. The van der Waals surface area contributed by atoms with Gasteiger partial charge < -0.3 is 39.9 Å². The number of aliphatic hydroxyl groups excluding tert-OH is 5. The Morgan fingerprint density at radius 1 is 0.458 bits per heavy atom. The summed E-state index contributed by atoms with van der Waals surface area (Å²) in [5.74, 6) is -0.484. The van der Waals surface area contributed by atoms with Crippen LogP contribution >= 0.6 is 7.82 Å². The van der Waals surface area contributed by atoms with E-state index in [4.69, 9.17) is 18.5 Å². The van der Waals surface area contributed by atoms with Crippen LogP contribution in [0.15, 0.2) is 60.8 Å². The highest BCUT2D eigenvalue weighted by atomic mass is 31.2. The molecule has 13 heteroatoms. The number of carbonyl (C=O) groups excluding carboxylic acids is 1. The van der Waals surface area contributed by atoms with Gasteiger partial charge in [-0.2, -0.15) is 0 Å². The maximum atomic E-state index is 12.9. The van der Waals surface area contributed by atoms with Gasteiger partial charge in [-0.1, -0.05) is 222 Å². The van der Waals surface area contributed by atoms with E-state index in [2.05, 4.69) is 74.6 Å². The molecule has 1 fully saturated rings. The van der Waals surface area contributed by atoms with Gasteiger partial charge in [-0.25, -0.2) is 4.57 Å². The lowest BCUT2D eigenvalue weighted by Crippen LogP contribution is -2.64. The Balaban J connectivity index is 2.28. The Hall–Kier alpha value is -1.96. The predicted molar refractivity (Wildman–Crippen MR) is 295 cm³/mol. The van der Waals surface area contributed by atoms with Gasteiger partial charge in [-0.3, -0.25) is 13.8 Å². The molecule has 0 heterocycles. The lowest BCUT2D eigenvalue weighted by molar-refractivity contribution is -0.220. The molecule has 1 aliphatic carbocycles. The first kappa shape index (κ1) is 68.1. The summed E-state index contributed by atoms with van der Waals surface area (Å²) in [4.78, 5) is 23.3. The zero-order chi connectivity index (χ0) is 52.6. The number of hydrogen-bond acceptors (Lipinski definition) is 11. The van der Waals surface area contributed by atoms with Crippen LogP contribution in [0.2, 0.25) is 0 Å². The van der Waals surface area contributed by atoms with Gasteiger partial charge >= 0.3 is 13.8 Å². The van der Waals surface area contributed by atoms with Crippen molar-refractivity contribution in [1.29, 1.82) is 0 Å². The van der Waals surface area contributed by atoms with E-state index in [1.165, 1.54) is 141 Å². The van der Waals surface area contributed by atoms with Crippen LogP contribution in [0, 0.1) is 0 Å². The predicted octanol–water partition coefficient (Wildman–Crippen LogP) is 14.1. The molecule has 6 N–H and O–H groups in total. The smallest absolute Gasteiger partial charge is 0.457 e. The molecule has 0 aliphatic heterocycles. The van der Waals surface area contributed by atoms with Gasteiger partial charge in [0.05, 0.1) is 13.2 Å². The van der Waals surface area contributed by atoms with Crippen LogP contribution in [0.25, 0.3) is 0 Å². The number of rotatable bonds is 50. The average Bonchev–Trinajstić information content (AvgIpc) is 3.37. The number of allylic oxidation sites excluding steroid dienone is 10. The second-order valence-corrected chi connectivity index (χ2v) is 21.5. The topological polar surface area (TPSA) is 192 Å². The van der Waals surface area contributed by atoms with E-state index in [0.717, 1.165) is 77.0 Å². The van der Waals surface area contributed by atoms with Crippen LogP contribution in [0.4, 0.5) is 0 Å². The lowest BCUT2D eigenvalue weighted by Gasteiger charge is -2.41. The molecule has 1 rings (SSSR count). The van der Waals surface area contributed by atoms with Gasteiger partial charge in [0, 0.05) is 13.0 Å². The fourth-order valence-corrected chi connectivity index (χ4v) is 9.79. The van der Waals surface area contributed by atoms with Crippen LogP contribution in [-0.4, -0.2) is 98.9 Å². The number of unbranched alkanes of at least 4 members (excludes halogenated alkanes) is 28. The first-order chi connectivity index (χ1) is 35.0. The molecule has 1 aliphatic rings. The van der Waals surface area contributed by atoms with Crippen LogP contribution < -0.4 is 0 Å². The number of aliphatic hydroxyl groups is 5. The molecule has 0 aromatic rings. The van der Waals surface area contributed by atoms with E-state index in [1.807, 2.05) is 0 Å². The van der Waals surface area contributed by atoms with Crippen molar-refractivity contribution in [2.45, 2.75) is 288 Å². The van der Waals surface area contributed by atoms with Crippen LogP contribution in [0.5, 0.6) is 0 Å². The van der Waals surface area contributed by atoms with Crippen molar-refractivity contribution in [2.24, 2.45) is 0 Å². The largest absolute Gasteiger partial charge is 0.472 e. The van der Waals surface area contributed by atoms with E-state index in [1.54, 1.807) is 0 Å². The quantitative estimate of drug-likeness (QED) is 0.0146. The Morgan fingerprint density at radius 2 is 0.819 bits per heavy atom. The van der Waals surface area contributed by atoms with Crippen LogP contribution in [0.1, 0.15) is 245 Å². The first-order valence-electron chi connectivity index (χ1n) is 29.1. The zero-order valence-corrected chi connectivity index (χ0v) is 46.4. The molecule has 0 saturated heterocycles. The standard InChI is InChI=1S/C59H107O12P/c1-3-5-7-9-11-13-15-17-19-21-23-25-26-27-29-31-33-35-37-39-41-43-45-47-49-68-50-52(51-69-72(66,67)71-59-57(64)55(62)54(61)56(63)58(59)65)70-53(60)48-46-44-42-40-38-36-34-32-30-28-24-22-20-18-16-14-12-10-8-6-4-2/h6,8,12,14,18,20-21,23-24,28,52,54-59,61-65H,3-5,7,9-11,13,15-17,19,22,25-27,29-51H2,1-2H3,(H,66,67)/b8-6-,14-12-,20-18-,23-21-,28-24-. The van der Waals surface area contributed by atoms with Crippen molar-refractivity contribution < 1.29 is 58.3 Å². The minimum atomic E-state index is -5.03. The average molecular weight is 1040 g/mol. The van der Waals surface area contributed by atoms with Crippen molar-refractivity contribution in [3.05, 3.63) is 60.8 Å². The van der Waals surface area contributed by atoms with Gasteiger partial charge in [-0.05, 0) is 77.0 Å². The second kappa shape index (κ2) is 48.7. The maximum absolute atomic E-state index is 12.9. The molecule has 0 aromatic carbocycles. The van der Waals surface area contributed by atoms with Crippen molar-refractivity contribution in [3.63, 3.8) is 0 Å². The highest BCUT2D eigenvalue weighted by molar-refractivity contribution is 7.47. The van der Waals surface area contributed by atoms with E-state index in [9.17, 15) is 39.8 Å². The SMILES string of the molecule is CC/C=C\C/C=C\C/C=C\C/C=C\CCCCCCCCCCC(=O)OC(COCCCCCCCCCCCCCC/C=C\CCCCCCCCCC)COP(=O)(O)OC1C(O)C(O)C(O)C(O)C1O. The summed E-state index contributed by atoms with van der Waals surface area (Å²) in [5, 5.41) is 50.4. The Kier molecular flexibility index (Phi) is 46.0. The molecule has 0 bridgehead atoms. The molecular formula is C59H107O12P. The van der Waals surface area contributed by atoms with E-state index in [0.29, 0.717) is 13.0 Å². The van der Waals surface area contributed by atoms with Crippen molar-refractivity contribution in [1.82, 2.24) is 0 Å². The number of ether oxygens (including phenoxy) is 2. The van der Waals surface area contributed by atoms with Crippen molar-refractivity contribution in [3.8, 4) is 0 Å². The molecule has 6 atom stereocenters. The zero-order valence-electron chi connectivity index (χ0n) is 45.5. The molecule has 6 unspecified atom stereocenters. The number of phosphoric ester groups is 1. The minimum absolute atomic E-state index is 0.0810. The molecule has 0 spiro atoms. The van der Waals surface area contributed by atoms with E-state index < -0.39 is 63.1 Å². The summed E-state index contributed by atoms with van der Waals surface area (Å²) >= 11 is 0. The third-order valence-electron chi connectivity index (χ3n) is 13.4. The van der Waals surface area contributed by atoms with Crippen molar-refractivity contribution in [2.75, 3.05) is 19.8 Å². The van der Waals surface area contributed by atoms with Gasteiger partial charge in [0.15, 0.2) is 0 Å². The first-order valence-corrected chi connectivity index (χ1v) is 30.6. The van der Waals surface area contributed by atoms with Crippen LogP contribution in [0.3, 0.4) is 0 Å². The number of carbonyl (C=O) groups is 1. The second-order valence-electron chi connectivity index (χ2n) is 20.1. The molecule has 420 valence electrons. The molecule has 0 amide bonds. The Labute approximate surface area is 438 Å². The molecule has 72 heavy (non-hydrogen) atoms. The summed E-state index contributed by atoms with van der Waals surface area (Å²) in [5.41, 5.74) is 0. The Bertz CT molecular complexity index is 1420. The summed E-state index contributed by atoms with van der Waals surface area (Å²) in [6.45, 7) is 4.17. The Morgan fingerprint density at radius 3 is 1.26 bits per heavy atom. The number of esters is 1. The summed E-state index contributed by atoms with van der Waals surface area (Å²) in [6.07, 6.45) is 51.5. The molecule has 0 radical (unpaired) electrons. The molecule has 0 aromatic heterocycles. The fraction of sp³-hybridized carbons (Fsp3) is 0.814. The highest BCUT2D eigenvalue weighted by Gasteiger charge is 2.51. The minimum Gasteiger partial charge on any atom is -0.457 e. The molecular weight excluding hydrogens is 932 g/mol. The summed E-state index contributed by atoms with van der Waals surface area (Å²) in [7, 11) is -5.03. The monoisotopic (exact) mass is 1040 g/mol. The van der Waals surface area contributed by atoms with Gasteiger partial charge in [-0.15, -0.1) is 0 Å². The fourth-order valence-electron chi connectivity index (χ4n) is 8.81. The van der Waals surface area contributed by atoms with E-state index >= 15 is 0 Å². The van der Waals surface area contributed by atoms with Gasteiger partial charge in [0.1, 0.15) is 42.7 Å².